The Balaban J connectivity index is 1.49. The van der Waals surface area contributed by atoms with Crippen molar-refractivity contribution in [2.45, 2.75) is 39.4 Å². The van der Waals surface area contributed by atoms with Crippen LogP contribution in [0.25, 0.3) is 0 Å². The van der Waals surface area contributed by atoms with Crippen LogP contribution >= 0.6 is 0 Å². The van der Waals surface area contributed by atoms with Crippen LogP contribution in [0, 0.1) is 0 Å². The number of rotatable bonds is 4. The highest BCUT2D eigenvalue weighted by Gasteiger charge is 2.38. The molecular weight excluding hydrogens is 375 g/mol. The van der Waals surface area contributed by atoms with Crippen LogP contribution in [0.4, 0.5) is 4.39 Å². The Morgan fingerprint density at radius 2 is 1.66 bits per heavy atom. The predicted octanol–water partition coefficient (Wildman–Crippen LogP) is 2.79. The Morgan fingerprint density at radius 3 is 2.17 bits per heavy atom. The summed E-state index contributed by atoms with van der Waals surface area (Å²) in [5.41, 5.74) is 1.68. The number of imide groups is 1. The summed E-state index contributed by atoms with van der Waals surface area (Å²) in [7, 11) is 0. The van der Waals surface area contributed by atoms with Crippen molar-refractivity contribution in [3.05, 3.63) is 64.7 Å². The summed E-state index contributed by atoms with van der Waals surface area (Å²) < 4.78 is 15.0. The zero-order valence-corrected chi connectivity index (χ0v) is 16.5. The molecule has 0 N–H and O–H groups in total. The Hall–Kier alpha value is -3.29. The van der Waals surface area contributed by atoms with Gasteiger partial charge in [0.2, 0.25) is 0 Å². The van der Waals surface area contributed by atoms with Gasteiger partial charge in [0.15, 0.2) is 0 Å². The standard InChI is InChI=1S/C21H21FN4O3/c1-21(2,3)26-12-17-16(20(26)29)11-24(23-17)9-13(8-22)10-25-18(27)14-6-4-5-7-15(14)19(25)28/h4-8,11H,9-10,12H2,1-3H3. The minimum atomic E-state index is -0.441. The quantitative estimate of drug-likeness (QED) is 0.745. The highest BCUT2D eigenvalue weighted by Crippen LogP contribution is 2.29. The zero-order valence-electron chi connectivity index (χ0n) is 16.5. The highest BCUT2D eigenvalue weighted by atomic mass is 19.1. The van der Waals surface area contributed by atoms with Gasteiger partial charge in [0.25, 0.3) is 17.7 Å². The molecule has 2 aliphatic rings. The molecular formula is C21H21FN4O3. The van der Waals surface area contributed by atoms with Crippen molar-refractivity contribution in [3.8, 4) is 0 Å². The van der Waals surface area contributed by atoms with Gasteiger partial charge in [0.1, 0.15) is 0 Å². The van der Waals surface area contributed by atoms with Gasteiger partial charge < -0.3 is 4.90 Å². The third-order valence-electron chi connectivity index (χ3n) is 5.19. The van der Waals surface area contributed by atoms with Crippen LogP contribution in [0.3, 0.4) is 0 Å². The van der Waals surface area contributed by atoms with E-state index in [-0.39, 0.29) is 30.1 Å². The van der Waals surface area contributed by atoms with Crippen molar-refractivity contribution in [2.75, 3.05) is 6.54 Å². The monoisotopic (exact) mass is 396 g/mol. The largest absolute Gasteiger partial charge is 0.328 e. The second kappa shape index (κ2) is 6.65. The molecule has 7 nitrogen and oxygen atoms in total. The summed E-state index contributed by atoms with van der Waals surface area (Å²) in [4.78, 5) is 40.3. The van der Waals surface area contributed by atoms with Crippen LogP contribution in [0.15, 0.2) is 42.4 Å². The van der Waals surface area contributed by atoms with Crippen molar-refractivity contribution >= 4 is 17.7 Å². The van der Waals surface area contributed by atoms with Crippen LogP contribution < -0.4 is 0 Å². The minimum absolute atomic E-state index is 0.0414. The average Bonchev–Trinajstić information content (AvgIpc) is 3.29. The first-order valence-electron chi connectivity index (χ1n) is 9.32. The lowest BCUT2D eigenvalue weighted by Gasteiger charge is -2.31. The van der Waals surface area contributed by atoms with Crippen LogP contribution in [-0.2, 0) is 13.1 Å². The van der Waals surface area contributed by atoms with E-state index in [4.69, 9.17) is 0 Å². The van der Waals surface area contributed by atoms with Crippen molar-refractivity contribution in [3.63, 3.8) is 0 Å². The van der Waals surface area contributed by atoms with E-state index < -0.39 is 11.8 Å². The number of fused-ring (bicyclic) bond motifs is 2. The van der Waals surface area contributed by atoms with Gasteiger partial charge in [-0.3, -0.25) is 24.0 Å². The van der Waals surface area contributed by atoms with Crippen LogP contribution in [0.5, 0.6) is 0 Å². The number of amides is 3. The molecule has 0 aliphatic carbocycles. The molecule has 0 atom stereocenters. The Morgan fingerprint density at radius 1 is 1.03 bits per heavy atom. The minimum Gasteiger partial charge on any atom is -0.328 e. The maximum absolute atomic E-state index is 13.6. The molecule has 2 aliphatic heterocycles. The number of carbonyl (C=O) groups excluding carboxylic acids is 3. The summed E-state index contributed by atoms with van der Waals surface area (Å²) in [6.45, 7) is 6.14. The summed E-state index contributed by atoms with van der Waals surface area (Å²) in [6.07, 6.45) is 1.98. The lowest BCUT2D eigenvalue weighted by molar-refractivity contribution is 0.0603. The molecule has 0 unspecified atom stereocenters. The molecule has 8 heteroatoms. The summed E-state index contributed by atoms with van der Waals surface area (Å²) in [5.74, 6) is -0.988. The first-order chi connectivity index (χ1) is 13.7. The molecule has 29 heavy (non-hydrogen) atoms. The van der Waals surface area contributed by atoms with E-state index in [1.54, 1.807) is 35.4 Å². The second-order valence-electron chi connectivity index (χ2n) is 8.26. The first kappa shape index (κ1) is 19.0. The Kier molecular flexibility index (Phi) is 4.37. The molecule has 0 bridgehead atoms. The molecule has 0 saturated carbocycles. The number of carbonyl (C=O) groups is 3. The first-order valence-corrected chi connectivity index (χ1v) is 9.32. The maximum atomic E-state index is 13.6. The molecule has 0 spiro atoms. The fourth-order valence-corrected chi connectivity index (χ4v) is 3.66. The molecule has 0 radical (unpaired) electrons. The topological polar surface area (TPSA) is 75.5 Å². The normalized spacial score (nSPS) is 16.7. The number of benzene rings is 1. The van der Waals surface area contributed by atoms with E-state index in [1.807, 2.05) is 20.8 Å². The van der Waals surface area contributed by atoms with Gasteiger partial charge in [0, 0.05) is 11.7 Å². The molecule has 150 valence electrons. The number of hydrogen-bond acceptors (Lipinski definition) is 4. The van der Waals surface area contributed by atoms with Crippen molar-refractivity contribution in [2.24, 2.45) is 0 Å². The van der Waals surface area contributed by atoms with Gasteiger partial charge in [0.05, 0.1) is 48.3 Å². The van der Waals surface area contributed by atoms with Crippen LogP contribution in [0.2, 0.25) is 0 Å². The smallest absolute Gasteiger partial charge is 0.261 e. The van der Waals surface area contributed by atoms with Crippen LogP contribution in [-0.4, -0.2) is 49.4 Å². The van der Waals surface area contributed by atoms with Gasteiger partial charge in [-0.15, -0.1) is 0 Å². The Labute approximate surface area is 167 Å². The average molecular weight is 396 g/mol. The fraction of sp³-hybridized carbons (Fsp3) is 0.333. The van der Waals surface area contributed by atoms with E-state index in [1.165, 1.54) is 4.68 Å². The van der Waals surface area contributed by atoms with Gasteiger partial charge >= 0.3 is 0 Å². The number of hydrogen-bond donors (Lipinski definition) is 0. The molecule has 3 amide bonds. The highest BCUT2D eigenvalue weighted by molar-refractivity contribution is 6.21. The maximum Gasteiger partial charge on any atom is 0.261 e. The van der Waals surface area contributed by atoms with Crippen molar-refractivity contribution in [1.29, 1.82) is 0 Å². The lowest BCUT2D eigenvalue weighted by atomic mass is 10.1. The van der Waals surface area contributed by atoms with E-state index >= 15 is 0 Å². The molecule has 0 fully saturated rings. The van der Waals surface area contributed by atoms with Crippen LogP contribution in [0.1, 0.15) is 57.5 Å². The molecule has 3 heterocycles. The summed E-state index contributed by atoms with van der Waals surface area (Å²) in [5, 5.41) is 4.40. The second-order valence-corrected chi connectivity index (χ2v) is 8.26. The summed E-state index contributed by atoms with van der Waals surface area (Å²) in [6, 6.07) is 6.53. The number of halogens is 1. The molecule has 0 saturated heterocycles. The third-order valence-corrected chi connectivity index (χ3v) is 5.19. The molecule has 4 rings (SSSR count). The SMILES string of the molecule is CC(C)(C)N1Cc2nn(CC(=CF)CN3C(=O)c4ccccc4C3=O)cc2C1=O. The fourth-order valence-electron chi connectivity index (χ4n) is 3.66. The van der Waals surface area contributed by atoms with Crippen molar-refractivity contribution in [1.82, 2.24) is 19.6 Å². The third kappa shape index (κ3) is 3.14. The van der Waals surface area contributed by atoms with Gasteiger partial charge in [-0.05, 0) is 38.5 Å². The molecule has 2 aromatic rings. The van der Waals surface area contributed by atoms with Crippen molar-refractivity contribution < 1.29 is 18.8 Å². The molecule has 1 aromatic carbocycles. The van der Waals surface area contributed by atoms with Gasteiger partial charge in [-0.1, -0.05) is 12.1 Å². The van der Waals surface area contributed by atoms with E-state index in [0.29, 0.717) is 35.3 Å². The zero-order chi connectivity index (χ0) is 20.9. The van der Waals surface area contributed by atoms with Gasteiger partial charge in [-0.25, -0.2) is 4.39 Å². The lowest BCUT2D eigenvalue weighted by Crippen LogP contribution is -2.41. The van der Waals surface area contributed by atoms with E-state index in [9.17, 15) is 18.8 Å². The van der Waals surface area contributed by atoms with Gasteiger partial charge in [-0.2, -0.15) is 5.10 Å². The number of nitrogens with zero attached hydrogens (tertiary/aromatic N) is 4. The summed E-state index contributed by atoms with van der Waals surface area (Å²) >= 11 is 0. The molecule has 1 aromatic heterocycles. The predicted molar refractivity (Wildman–Crippen MR) is 103 cm³/mol. The van der Waals surface area contributed by atoms with E-state index in [2.05, 4.69) is 5.10 Å². The van der Waals surface area contributed by atoms with E-state index in [0.717, 1.165) is 4.90 Å². The Bertz CT molecular complexity index is 1030. The number of aromatic nitrogens is 2.